The lowest BCUT2D eigenvalue weighted by Gasteiger charge is -2.12. The molecule has 0 radical (unpaired) electrons. The SMILES string of the molecule is CC1CCC(NC(=O)c2ccc(/C=C/C(=O)O)c(F)c2)C1. The predicted octanol–water partition coefficient (Wildman–Crippen LogP) is 2.84. The molecular formula is C16H18FNO3. The fraction of sp³-hybridized carbons (Fsp3) is 0.375. The zero-order chi connectivity index (χ0) is 15.4. The zero-order valence-electron chi connectivity index (χ0n) is 11.8. The molecule has 1 fully saturated rings. The van der Waals surface area contributed by atoms with Gasteiger partial charge in [0.05, 0.1) is 0 Å². The van der Waals surface area contributed by atoms with Gasteiger partial charge in [-0.1, -0.05) is 13.0 Å². The Kier molecular flexibility index (Phi) is 4.73. The van der Waals surface area contributed by atoms with Crippen molar-refractivity contribution in [1.82, 2.24) is 5.32 Å². The summed E-state index contributed by atoms with van der Waals surface area (Å²) in [4.78, 5) is 22.5. The van der Waals surface area contributed by atoms with Gasteiger partial charge in [-0.3, -0.25) is 4.79 Å². The maximum Gasteiger partial charge on any atom is 0.328 e. The summed E-state index contributed by atoms with van der Waals surface area (Å²) in [5, 5.41) is 11.4. The molecular weight excluding hydrogens is 273 g/mol. The van der Waals surface area contributed by atoms with Crippen LogP contribution in [0.4, 0.5) is 4.39 Å². The molecule has 1 aromatic rings. The van der Waals surface area contributed by atoms with Crippen LogP contribution in [-0.2, 0) is 4.79 Å². The Hall–Kier alpha value is -2.17. The smallest absolute Gasteiger partial charge is 0.328 e. The molecule has 5 heteroatoms. The van der Waals surface area contributed by atoms with Crippen LogP contribution in [-0.4, -0.2) is 23.0 Å². The number of carboxylic acid groups (broad SMARTS) is 1. The van der Waals surface area contributed by atoms with E-state index in [2.05, 4.69) is 12.2 Å². The van der Waals surface area contributed by atoms with Gasteiger partial charge in [0, 0.05) is 23.2 Å². The van der Waals surface area contributed by atoms with Crippen LogP contribution in [0.25, 0.3) is 6.08 Å². The average Bonchev–Trinajstić information content (AvgIpc) is 2.82. The van der Waals surface area contributed by atoms with E-state index in [4.69, 9.17) is 5.11 Å². The second-order valence-corrected chi connectivity index (χ2v) is 5.50. The van der Waals surface area contributed by atoms with Crippen molar-refractivity contribution in [3.8, 4) is 0 Å². The molecule has 0 heterocycles. The van der Waals surface area contributed by atoms with E-state index in [1.54, 1.807) is 0 Å². The Balaban J connectivity index is 2.05. The predicted molar refractivity (Wildman–Crippen MR) is 77.3 cm³/mol. The highest BCUT2D eigenvalue weighted by molar-refractivity contribution is 5.94. The molecule has 1 amide bonds. The number of carboxylic acids is 1. The van der Waals surface area contributed by atoms with Crippen LogP contribution in [0.2, 0.25) is 0 Å². The Labute approximate surface area is 122 Å². The molecule has 0 aromatic heterocycles. The number of rotatable bonds is 4. The van der Waals surface area contributed by atoms with Crippen molar-refractivity contribution < 1.29 is 19.1 Å². The highest BCUT2D eigenvalue weighted by Crippen LogP contribution is 2.25. The Bertz CT molecular complexity index is 583. The maximum absolute atomic E-state index is 13.8. The number of hydrogen-bond donors (Lipinski definition) is 2. The van der Waals surface area contributed by atoms with E-state index < -0.39 is 11.8 Å². The molecule has 0 bridgehead atoms. The lowest BCUT2D eigenvalue weighted by Crippen LogP contribution is -2.32. The topological polar surface area (TPSA) is 66.4 Å². The van der Waals surface area contributed by atoms with Gasteiger partial charge in [-0.15, -0.1) is 0 Å². The monoisotopic (exact) mass is 291 g/mol. The molecule has 21 heavy (non-hydrogen) atoms. The number of carbonyl (C=O) groups is 2. The minimum absolute atomic E-state index is 0.142. The van der Waals surface area contributed by atoms with E-state index in [0.29, 0.717) is 5.92 Å². The van der Waals surface area contributed by atoms with Crippen molar-refractivity contribution in [2.75, 3.05) is 0 Å². The molecule has 0 aliphatic heterocycles. The minimum atomic E-state index is -1.15. The zero-order valence-corrected chi connectivity index (χ0v) is 11.8. The van der Waals surface area contributed by atoms with E-state index in [0.717, 1.165) is 37.5 Å². The van der Waals surface area contributed by atoms with Gasteiger partial charge in [0.15, 0.2) is 0 Å². The van der Waals surface area contributed by atoms with Crippen molar-refractivity contribution in [3.05, 3.63) is 41.2 Å². The molecule has 2 atom stereocenters. The molecule has 0 saturated heterocycles. The summed E-state index contributed by atoms with van der Waals surface area (Å²) in [6, 6.07) is 4.19. The molecule has 2 rings (SSSR count). The molecule has 1 aliphatic rings. The lowest BCUT2D eigenvalue weighted by atomic mass is 10.1. The quantitative estimate of drug-likeness (QED) is 0.838. The standard InChI is InChI=1S/C16H18FNO3/c1-10-2-6-13(8-10)18-16(21)12-4-3-11(14(17)9-12)5-7-15(19)20/h3-5,7,9-10,13H,2,6,8H2,1H3,(H,18,21)(H,19,20)/b7-5+. The van der Waals surface area contributed by atoms with E-state index >= 15 is 0 Å². The molecule has 1 aromatic carbocycles. The number of hydrogen-bond acceptors (Lipinski definition) is 2. The van der Waals surface area contributed by atoms with Crippen LogP contribution in [0.3, 0.4) is 0 Å². The molecule has 2 unspecified atom stereocenters. The lowest BCUT2D eigenvalue weighted by molar-refractivity contribution is -0.131. The largest absolute Gasteiger partial charge is 0.478 e. The van der Waals surface area contributed by atoms with Gasteiger partial charge in [0.2, 0.25) is 0 Å². The number of aliphatic carboxylic acids is 1. The molecule has 1 aliphatic carbocycles. The average molecular weight is 291 g/mol. The highest BCUT2D eigenvalue weighted by atomic mass is 19.1. The van der Waals surface area contributed by atoms with Crippen LogP contribution < -0.4 is 5.32 Å². The van der Waals surface area contributed by atoms with Gasteiger partial charge >= 0.3 is 5.97 Å². The van der Waals surface area contributed by atoms with E-state index in [1.807, 2.05) is 0 Å². The number of benzene rings is 1. The van der Waals surface area contributed by atoms with E-state index in [9.17, 15) is 14.0 Å². The number of amides is 1. The van der Waals surface area contributed by atoms with Crippen LogP contribution in [0.5, 0.6) is 0 Å². The summed E-state index contributed by atoms with van der Waals surface area (Å²) >= 11 is 0. The number of nitrogens with one attached hydrogen (secondary N) is 1. The fourth-order valence-corrected chi connectivity index (χ4v) is 2.57. The Morgan fingerprint density at radius 1 is 1.38 bits per heavy atom. The van der Waals surface area contributed by atoms with Gasteiger partial charge in [0.1, 0.15) is 5.82 Å². The Morgan fingerprint density at radius 2 is 2.14 bits per heavy atom. The third kappa shape index (κ3) is 4.15. The molecule has 4 nitrogen and oxygen atoms in total. The number of halogens is 1. The minimum Gasteiger partial charge on any atom is -0.478 e. The van der Waals surface area contributed by atoms with E-state index in [-0.39, 0.29) is 23.1 Å². The maximum atomic E-state index is 13.8. The first-order chi connectivity index (χ1) is 9.95. The van der Waals surface area contributed by atoms with Crippen molar-refractivity contribution in [1.29, 1.82) is 0 Å². The van der Waals surface area contributed by atoms with Crippen molar-refractivity contribution >= 4 is 18.0 Å². The third-order valence-corrected chi connectivity index (χ3v) is 3.70. The van der Waals surface area contributed by atoms with Crippen molar-refractivity contribution in [2.24, 2.45) is 5.92 Å². The van der Waals surface area contributed by atoms with E-state index in [1.165, 1.54) is 12.1 Å². The normalized spacial score (nSPS) is 21.6. The molecule has 2 N–H and O–H groups in total. The first-order valence-corrected chi connectivity index (χ1v) is 6.97. The van der Waals surface area contributed by atoms with Gasteiger partial charge < -0.3 is 10.4 Å². The molecule has 112 valence electrons. The second kappa shape index (κ2) is 6.52. The first kappa shape index (κ1) is 15.2. The van der Waals surface area contributed by atoms with Gasteiger partial charge in [-0.25, -0.2) is 9.18 Å². The van der Waals surface area contributed by atoms with Crippen LogP contribution >= 0.6 is 0 Å². The first-order valence-electron chi connectivity index (χ1n) is 6.97. The Morgan fingerprint density at radius 3 is 2.71 bits per heavy atom. The summed E-state index contributed by atoms with van der Waals surface area (Å²) in [6.07, 6.45) is 5.02. The van der Waals surface area contributed by atoms with Gasteiger partial charge in [-0.05, 0) is 43.4 Å². The van der Waals surface area contributed by atoms with Gasteiger partial charge in [0.25, 0.3) is 5.91 Å². The fourth-order valence-electron chi connectivity index (χ4n) is 2.57. The second-order valence-electron chi connectivity index (χ2n) is 5.50. The van der Waals surface area contributed by atoms with Crippen molar-refractivity contribution in [2.45, 2.75) is 32.2 Å². The third-order valence-electron chi connectivity index (χ3n) is 3.70. The molecule has 1 saturated carbocycles. The summed E-state index contributed by atoms with van der Waals surface area (Å²) in [7, 11) is 0. The summed E-state index contributed by atoms with van der Waals surface area (Å²) in [6.45, 7) is 2.15. The summed E-state index contributed by atoms with van der Waals surface area (Å²) < 4.78 is 13.8. The van der Waals surface area contributed by atoms with Crippen LogP contribution in [0.1, 0.15) is 42.1 Å². The number of carbonyl (C=O) groups excluding carboxylic acids is 1. The summed E-state index contributed by atoms with van der Waals surface area (Å²) in [5.74, 6) is -1.44. The summed E-state index contributed by atoms with van der Waals surface area (Å²) in [5.41, 5.74) is 0.392. The highest BCUT2D eigenvalue weighted by Gasteiger charge is 2.23. The van der Waals surface area contributed by atoms with Crippen LogP contribution in [0.15, 0.2) is 24.3 Å². The van der Waals surface area contributed by atoms with Crippen LogP contribution in [0, 0.1) is 11.7 Å². The van der Waals surface area contributed by atoms with Crippen molar-refractivity contribution in [3.63, 3.8) is 0 Å². The van der Waals surface area contributed by atoms with Gasteiger partial charge in [-0.2, -0.15) is 0 Å². The molecule has 0 spiro atoms.